The summed E-state index contributed by atoms with van der Waals surface area (Å²) in [5.41, 5.74) is 6.26. The number of carbonyl (C=O) groups is 1. The molecule has 2 N–H and O–H groups in total. The topological polar surface area (TPSA) is 64.3 Å². The molecule has 5 rings (SSSR count). The number of aromatic nitrogens is 2. The van der Waals surface area contributed by atoms with Crippen LogP contribution in [0.15, 0.2) is 48.5 Å². The summed E-state index contributed by atoms with van der Waals surface area (Å²) in [6.45, 7) is 5.02. The lowest BCUT2D eigenvalue weighted by Gasteiger charge is -2.30. The normalized spacial score (nSPS) is 20.9. The quantitative estimate of drug-likeness (QED) is 0.662. The number of urea groups is 1. The van der Waals surface area contributed by atoms with E-state index in [0.29, 0.717) is 13.1 Å². The molecule has 0 radical (unpaired) electrons. The number of hydrogen-bond acceptors (Lipinski definition) is 3. The lowest BCUT2D eigenvalue weighted by atomic mass is 9.91. The minimum absolute atomic E-state index is 0.0409. The van der Waals surface area contributed by atoms with Crippen LogP contribution >= 0.6 is 0 Å². The highest BCUT2D eigenvalue weighted by atomic mass is 19.1. The molecule has 1 aromatic heterocycles. The van der Waals surface area contributed by atoms with Gasteiger partial charge >= 0.3 is 6.03 Å². The second-order valence-electron chi connectivity index (χ2n) is 8.95. The van der Waals surface area contributed by atoms with Crippen molar-refractivity contribution in [3.63, 3.8) is 0 Å². The van der Waals surface area contributed by atoms with E-state index in [1.165, 1.54) is 23.3 Å². The molecule has 0 saturated carbocycles. The van der Waals surface area contributed by atoms with E-state index in [1.807, 2.05) is 4.90 Å². The summed E-state index contributed by atoms with van der Waals surface area (Å²) in [5.74, 6) is -0.00176. The fourth-order valence-corrected chi connectivity index (χ4v) is 5.03. The molecule has 1 fully saturated rings. The van der Waals surface area contributed by atoms with Crippen molar-refractivity contribution in [3.8, 4) is 11.3 Å². The van der Waals surface area contributed by atoms with Gasteiger partial charge in [-0.1, -0.05) is 24.3 Å². The van der Waals surface area contributed by atoms with Crippen LogP contribution in [0.25, 0.3) is 11.3 Å². The number of fused-ring (bicyclic) bond motifs is 1. The first-order valence-corrected chi connectivity index (χ1v) is 11.1. The molecule has 2 amide bonds. The maximum absolute atomic E-state index is 13.3. The molecule has 6 nitrogen and oxygen atoms in total. The number of likely N-dealkylation sites (tertiary alicyclic amines) is 1. The van der Waals surface area contributed by atoms with E-state index >= 15 is 0 Å². The Morgan fingerprint density at radius 1 is 1.16 bits per heavy atom. The molecule has 32 heavy (non-hydrogen) atoms. The third-order valence-corrected chi connectivity index (χ3v) is 6.74. The summed E-state index contributed by atoms with van der Waals surface area (Å²) < 4.78 is 13.3. The number of carbonyl (C=O) groups excluding carboxylic acids is 1. The smallest absolute Gasteiger partial charge is 0.317 e. The van der Waals surface area contributed by atoms with Gasteiger partial charge in [-0.15, -0.1) is 0 Å². The average Bonchev–Trinajstić information content (AvgIpc) is 3.37. The van der Waals surface area contributed by atoms with Gasteiger partial charge in [0.25, 0.3) is 0 Å². The number of halogens is 1. The first-order valence-electron chi connectivity index (χ1n) is 11.1. The Morgan fingerprint density at radius 3 is 2.72 bits per heavy atom. The second kappa shape index (κ2) is 8.39. The van der Waals surface area contributed by atoms with Crippen molar-refractivity contribution in [2.45, 2.75) is 31.8 Å². The van der Waals surface area contributed by atoms with Crippen molar-refractivity contribution in [1.29, 1.82) is 0 Å². The number of aromatic amines is 1. The van der Waals surface area contributed by atoms with E-state index in [1.54, 1.807) is 12.1 Å². The predicted molar refractivity (Wildman–Crippen MR) is 122 cm³/mol. The van der Waals surface area contributed by atoms with Crippen LogP contribution in [0.5, 0.6) is 0 Å². The minimum atomic E-state index is -0.274. The Morgan fingerprint density at radius 2 is 1.94 bits per heavy atom. The summed E-state index contributed by atoms with van der Waals surface area (Å²) in [6, 6.07) is 14.8. The number of nitrogens with one attached hydrogen (secondary N) is 2. The highest BCUT2D eigenvalue weighted by molar-refractivity contribution is 5.76. The van der Waals surface area contributed by atoms with E-state index in [-0.39, 0.29) is 23.8 Å². The third-order valence-electron chi connectivity index (χ3n) is 6.74. The molecule has 0 bridgehead atoms. The summed E-state index contributed by atoms with van der Waals surface area (Å²) in [5, 5.41) is 10.9. The van der Waals surface area contributed by atoms with E-state index in [9.17, 15) is 9.18 Å². The monoisotopic (exact) mass is 433 g/mol. The van der Waals surface area contributed by atoms with Gasteiger partial charge in [-0.2, -0.15) is 5.10 Å². The zero-order valence-electron chi connectivity index (χ0n) is 18.4. The molecule has 7 heteroatoms. The number of H-pyrrole nitrogens is 1. The summed E-state index contributed by atoms with van der Waals surface area (Å²) in [6.07, 6.45) is 0.725. The third kappa shape index (κ3) is 3.88. The van der Waals surface area contributed by atoms with Crippen LogP contribution in [0.3, 0.4) is 0 Å². The van der Waals surface area contributed by atoms with Crippen LogP contribution in [0.2, 0.25) is 0 Å². The number of benzene rings is 2. The van der Waals surface area contributed by atoms with Gasteiger partial charge in [-0.05, 0) is 49.4 Å². The van der Waals surface area contributed by atoms with Gasteiger partial charge in [0.05, 0.1) is 18.3 Å². The molecule has 2 aliphatic rings. The van der Waals surface area contributed by atoms with Gasteiger partial charge in [-0.3, -0.25) is 5.10 Å². The summed E-state index contributed by atoms with van der Waals surface area (Å²) >= 11 is 0. The molecular weight excluding hydrogens is 405 g/mol. The van der Waals surface area contributed by atoms with E-state index in [4.69, 9.17) is 0 Å². The lowest BCUT2D eigenvalue weighted by Crippen LogP contribution is -2.48. The number of hydrogen-bond donors (Lipinski definition) is 2. The molecule has 166 valence electrons. The number of amides is 2. The molecule has 0 spiro atoms. The van der Waals surface area contributed by atoms with Gasteiger partial charge in [0, 0.05) is 48.8 Å². The molecule has 1 saturated heterocycles. The zero-order chi connectivity index (χ0) is 22.2. The lowest BCUT2D eigenvalue weighted by molar-refractivity contribution is 0.187. The number of likely N-dealkylation sites (N-methyl/N-ethyl adjacent to an activating group) is 1. The molecule has 0 unspecified atom stereocenters. The Hall–Kier alpha value is -3.19. The van der Waals surface area contributed by atoms with Crippen molar-refractivity contribution >= 4 is 6.03 Å². The van der Waals surface area contributed by atoms with Crippen LogP contribution in [-0.4, -0.2) is 58.8 Å². The summed E-state index contributed by atoms with van der Waals surface area (Å²) in [7, 11) is 2.10. The predicted octanol–water partition coefficient (Wildman–Crippen LogP) is 3.69. The summed E-state index contributed by atoms with van der Waals surface area (Å²) in [4.78, 5) is 17.4. The van der Waals surface area contributed by atoms with Gasteiger partial charge in [0.15, 0.2) is 0 Å². The van der Waals surface area contributed by atoms with Crippen LogP contribution in [0, 0.1) is 12.7 Å². The van der Waals surface area contributed by atoms with Gasteiger partial charge in [0.2, 0.25) is 0 Å². The van der Waals surface area contributed by atoms with Crippen molar-refractivity contribution in [1.82, 2.24) is 25.3 Å². The standard InChI is InChI=1S/C25H28FN5O/c1-16-5-3-4-6-19(16)20-13-30(2)15-23(20)27-25(32)31-12-11-22-21(14-31)24(29-28-22)17-7-9-18(26)10-8-17/h3-10,20,23H,11-15H2,1-2H3,(H,27,32)(H,28,29)/t20-,23+/m1/s1. The molecule has 3 heterocycles. The van der Waals surface area contributed by atoms with Gasteiger partial charge in [0.1, 0.15) is 5.82 Å². The number of aryl methyl sites for hydroxylation is 1. The Labute approximate surface area is 187 Å². The highest BCUT2D eigenvalue weighted by Gasteiger charge is 2.35. The van der Waals surface area contributed by atoms with E-state index in [0.717, 1.165) is 42.0 Å². The van der Waals surface area contributed by atoms with Crippen molar-refractivity contribution < 1.29 is 9.18 Å². The highest BCUT2D eigenvalue weighted by Crippen LogP contribution is 2.31. The molecule has 0 aliphatic carbocycles. The molecule has 2 aliphatic heterocycles. The van der Waals surface area contributed by atoms with Crippen molar-refractivity contribution in [3.05, 3.63) is 76.7 Å². The number of rotatable bonds is 3. The maximum Gasteiger partial charge on any atom is 0.317 e. The van der Waals surface area contributed by atoms with Crippen LogP contribution in [-0.2, 0) is 13.0 Å². The van der Waals surface area contributed by atoms with Crippen molar-refractivity contribution in [2.75, 3.05) is 26.7 Å². The average molecular weight is 434 g/mol. The Balaban J connectivity index is 1.33. The van der Waals surface area contributed by atoms with Gasteiger partial charge < -0.3 is 15.1 Å². The van der Waals surface area contributed by atoms with Crippen molar-refractivity contribution in [2.24, 2.45) is 0 Å². The first-order chi connectivity index (χ1) is 15.5. The molecular formula is C25H28FN5O. The molecule has 3 aromatic rings. The SMILES string of the molecule is Cc1ccccc1[C@H]1CN(C)C[C@@H]1NC(=O)N1CCc2[nH]nc(-c3ccc(F)cc3)c2C1. The first kappa shape index (κ1) is 20.7. The van der Waals surface area contributed by atoms with Crippen LogP contribution < -0.4 is 5.32 Å². The van der Waals surface area contributed by atoms with Crippen LogP contribution in [0.1, 0.15) is 28.3 Å². The van der Waals surface area contributed by atoms with Crippen LogP contribution in [0.4, 0.5) is 9.18 Å². The molecule has 2 aromatic carbocycles. The molecule has 2 atom stereocenters. The Bertz CT molecular complexity index is 1130. The minimum Gasteiger partial charge on any atom is -0.333 e. The number of nitrogens with zero attached hydrogens (tertiary/aromatic N) is 3. The fourth-order valence-electron chi connectivity index (χ4n) is 5.03. The second-order valence-corrected chi connectivity index (χ2v) is 8.95. The fraction of sp³-hybridized carbons (Fsp3) is 0.360. The maximum atomic E-state index is 13.3. The Kier molecular flexibility index (Phi) is 5.43. The van der Waals surface area contributed by atoms with Gasteiger partial charge in [-0.25, -0.2) is 9.18 Å². The van der Waals surface area contributed by atoms with E-state index in [2.05, 4.69) is 58.7 Å². The zero-order valence-corrected chi connectivity index (χ0v) is 18.4. The van der Waals surface area contributed by atoms with E-state index < -0.39 is 0 Å². The largest absolute Gasteiger partial charge is 0.333 e.